The van der Waals surface area contributed by atoms with E-state index in [4.69, 9.17) is 26.8 Å². The summed E-state index contributed by atoms with van der Waals surface area (Å²) < 4.78 is 12.8. The molecule has 1 aromatic heterocycles. The molecule has 0 unspecified atom stereocenters. The number of amides is 1. The van der Waals surface area contributed by atoms with E-state index in [2.05, 4.69) is 0 Å². The van der Waals surface area contributed by atoms with Crippen LogP contribution in [0.25, 0.3) is 23.0 Å². The zero-order chi connectivity index (χ0) is 22.7. The molecular weight excluding hydrogens is 442 g/mol. The van der Waals surface area contributed by atoms with Crippen LogP contribution >= 0.6 is 24.0 Å². The minimum absolute atomic E-state index is 0.109. The van der Waals surface area contributed by atoms with Gasteiger partial charge >= 0.3 is 0 Å². The largest absolute Gasteiger partial charge is 0.497 e. The predicted molar refractivity (Wildman–Crippen MR) is 132 cm³/mol. The number of aromatic nitrogens is 2. The SMILES string of the molecule is COCCN1C(=O)C(=Cc2cn(-c3ccccc3)nc2-c2ccc(OC)cc2C)SC1=S. The first-order valence-corrected chi connectivity index (χ1v) is 11.3. The van der Waals surface area contributed by atoms with Gasteiger partial charge in [-0.1, -0.05) is 42.2 Å². The summed E-state index contributed by atoms with van der Waals surface area (Å²) in [6.07, 6.45) is 3.81. The maximum Gasteiger partial charge on any atom is 0.266 e. The van der Waals surface area contributed by atoms with Crippen LogP contribution in [-0.4, -0.2) is 52.3 Å². The molecule has 0 aliphatic carbocycles. The molecule has 0 atom stereocenters. The van der Waals surface area contributed by atoms with Crippen molar-refractivity contribution in [3.05, 3.63) is 70.8 Å². The number of ether oxygens (including phenoxy) is 2. The van der Waals surface area contributed by atoms with Gasteiger partial charge in [0.1, 0.15) is 15.8 Å². The lowest BCUT2D eigenvalue weighted by Crippen LogP contribution is -2.31. The molecular formula is C24H23N3O3S2. The van der Waals surface area contributed by atoms with Crippen molar-refractivity contribution >= 4 is 40.3 Å². The highest BCUT2D eigenvalue weighted by atomic mass is 32.2. The van der Waals surface area contributed by atoms with Crippen molar-refractivity contribution in [1.29, 1.82) is 0 Å². The lowest BCUT2D eigenvalue weighted by molar-refractivity contribution is -0.122. The van der Waals surface area contributed by atoms with Gasteiger partial charge in [0.25, 0.3) is 5.91 Å². The predicted octanol–water partition coefficient (Wildman–Crippen LogP) is 4.70. The van der Waals surface area contributed by atoms with Gasteiger partial charge in [-0.25, -0.2) is 4.68 Å². The Morgan fingerprint density at radius 1 is 1.16 bits per heavy atom. The van der Waals surface area contributed by atoms with E-state index in [-0.39, 0.29) is 5.91 Å². The molecule has 0 saturated carbocycles. The molecule has 8 heteroatoms. The molecule has 2 aromatic carbocycles. The first-order chi connectivity index (χ1) is 15.5. The molecule has 4 rings (SSSR count). The van der Waals surface area contributed by atoms with Crippen LogP contribution in [0.3, 0.4) is 0 Å². The van der Waals surface area contributed by atoms with Crippen LogP contribution in [0.15, 0.2) is 59.6 Å². The molecule has 1 saturated heterocycles. The summed E-state index contributed by atoms with van der Waals surface area (Å²) in [4.78, 5) is 15.1. The highest BCUT2D eigenvalue weighted by Gasteiger charge is 2.32. The molecule has 1 fully saturated rings. The number of carbonyl (C=O) groups excluding carboxylic acids is 1. The molecule has 3 aromatic rings. The summed E-state index contributed by atoms with van der Waals surface area (Å²) in [5.74, 6) is 0.677. The Labute approximate surface area is 196 Å². The number of rotatable bonds is 7. The normalized spacial score (nSPS) is 15.1. The van der Waals surface area contributed by atoms with E-state index in [1.165, 1.54) is 11.8 Å². The summed E-state index contributed by atoms with van der Waals surface area (Å²) in [5.41, 5.74) is 4.57. The number of methoxy groups -OCH3 is 2. The van der Waals surface area contributed by atoms with E-state index >= 15 is 0 Å². The van der Waals surface area contributed by atoms with Gasteiger partial charge in [0.2, 0.25) is 0 Å². The standard InChI is InChI=1S/C24H23N3O3S2/c1-16-13-19(30-3)9-10-20(16)22-17(15-27(25-22)18-7-5-4-6-8-18)14-21-23(28)26(11-12-29-2)24(31)32-21/h4-10,13-15H,11-12H2,1-3H3. The molecule has 0 N–H and O–H groups in total. The van der Waals surface area contributed by atoms with Crippen LogP contribution in [0.4, 0.5) is 0 Å². The number of aryl methyl sites for hydroxylation is 1. The second kappa shape index (κ2) is 9.68. The third-order valence-electron chi connectivity index (χ3n) is 5.13. The average molecular weight is 466 g/mol. The van der Waals surface area contributed by atoms with Crippen LogP contribution in [0, 0.1) is 6.92 Å². The fourth-order valence-corrected chi connectivity index (χ4v) is 4.76. The summed E-state index contributed by atoms with van der Waals surface area (Å²) in [6, 6.07) is 15.8. The number of thiocarbonyl (C=S) groups is 1. The quantitative estimate of drug-likeness (QED) is 0.372. The highest BCUT2D eigenvalue weighted by Crippen LogP contribution is 2.36. The Morgan fingerprint density at radius 3 is 2.62 bits per heavy atom. The van der Waals surface area contributed by atoms with Crippen molar-refractivity contribution in [3.63, 3.8) is 0 Å². The lowest BCUT2D eigenvalue weighted by atomic mass is 10.0. The second-order valence-electron chi connectivity index (χ2n) is 7.22. The topological polar surface area (TPSA) is 56.6 Å². The monoisotopic (exact) mass is 465 g/mol. The fourth-order valence-electron chi connectivity index (χ4n) is 3.46. The Kier molecular flexibility index (Phi) is 6.74. The summed E-state index contributed by atoms with van der Waals surface area (Å²) >= 11 is 6.72. The third kappa shape index (κ3) is 4.48. The molecule has 2 heterocycles. The molecule has 1 aliphatic heterocycles. The van der Waals surface area contributed by atoms with Crippen molar-refractivity contribution in [2.45, 2.75) is 6.92 Å². The Balaban J connectivity index is 1.79. The highest BCUT2D eigenvalue weighted by molar-refractivity contribution is 8.26. The molecule has 0 bridgehead atoms. The van der Waals surface area contributed by atoms with E-state index in [9.17, 15) is 4.79 Å². The van der Waals surface area contributed by atoms with Crippen molar-refractivity contribution in [3.8, 4) is 22.7 Å². The van der Waals surface area contributed by atoms with Crippen molar-refractivity contribution in [2.24, 2.45) is 0 Å². The van der Waals surface area contributed by atoms with Gasteiger partial charge in [-0.2, -0.15) is 5.10 Å². The van der Waals surface area contributed by atoms with Gasteiger partial charge in [-0.3, -0.25) is 9.69 Å². The van der Waals surface area contributed by atoms with Gasteiger partial charge in [0, 0.05) is 24.4 Å². The van der Waals surface area contributed by atoms with Gasteiger partial charge < -0.3 is 9.47 Å². The summed E-state index contributed by atoms with van der Waals surface area (Å²) in [5, 5.41) is 4.87. The summed E-state index contributed by atoms with van der Waals surface area (Å²) in [6.45, 7) is 2.89. The van der Waals surface area contributed by atoms with Gasteiger partial charge in [-0.15, -0.1) is 0 Å². The molecule has 6 nitrogen and oxygen atoms in total. The first kappa shape index (κ1) is 22.3. The summed E-state index contributed by atoms with van der Waals surface area (Å²) in [7, 11) is 3.25. The smallest absolute Gasteiger partial charge is 0.266 e. The number of hydrogen-bond acceptors (Lipinski definition) is 6. The maximum atomic E-state index is 13.0. The number of nitrogens with zero attached hydrogens (tertiary/aromatic N) is 3. The molecule has 0 spiro atoms. The zero-order valence-electron chi connectivity index (χ0n) is 18.1. The molecule has 164 valence electrons. The van der Waals surface area contributed by atoms with Gasteiger partial charge in [-0.05, 0) is 48.9 Å². The van der Waals surface area contributed by atoms with Crippen LogP contribution in [0.5, 0.6) is 5.75 Å². The van der Waals surface area contributed by atoms with Gasteiger partial charge in [0.15, 0.2) is 0 Å². The minimum atomic E-state index is -0.109. The first-order valence-electron chi connectivity index (χ1n) is 10.1. The van der Waals surface area contributed by atoms with E-state index < -0.39 is 0 Å². The number of carbonyl (C=O) groups is 1. The van der Waals surface area contributed by atoms with Crippen molar-refractivity contribution in [2.75, 3.05) is 27.4 Å². The van der Waals surface area contributed by atoms with E-state index in [1.54, 1.807) is 19.1 Å². The lowest BCUT2D eigenvalue weighted by Gasteiger charge is -2.12. The average Bonchev–Trinajstić information content (AvgIpc) is 3.33. The zero-order valence-corrected chi connectivity index (χ0v) is 19.7. The number of hydrogen-bond donors (Lipinski definition) is 0. The Hall–Kier alpha value is -2.94. The molecule has 0 radical (unpaired) electrons. The Bertz CT molecular complexity index is 1190. The molecule has 32 heavy (non-hydrogen) atoms. The fraction of sp³-hybridized carbons (Fsp3) is 0.208. The number of para-hydroxylation sites is 1. The third-order valence-corrected chi connectivity index (χ3v) is 6.51. The van der Waals surface area contributed by atoms with Crippen LogP contribution in [0.2, 0.25) is 0 Å². The van der Waals surface area contributed by atoms with Gasteiger partial charge in [0.05, 0.1) is 30.9 Å². The minimum Gasteiger partial charge on any atom is -0.497 e. The van der Waals surface area contributed by atoms with Crippen LogP contribution < -0.4 is 4.74 Å². The van der Waals surface area contributed by atoms with E-state index in [1.807, 2.05) is 72.4 Å². The number of benzene rings is 2. The molecule has 1 aliphatic rings. The van der Waals surface area contributed by atoms with E-state index in [0.717, 1.165) is 33.8 Å². The van der Waals surface area contributed by atoms with E-state index in [0.29, 0.717) is 22.4 Å². The van der Waals surface area contributed by atoms with Crippen LogP contribution in [0.1, 0.15) is 11.1 Å². The van der Waals surface area contributed by atoms with Crippen LogP contribution in [-0.2, 0) is 9.53 Å². The van der Waals surface area contributed by atoms with Crippen molar-refractivity contribution < 1.29 is 14.3 Å². The second-order valence-corrected chi connectivity index (χ2v) is 8.90. The van der Waals surface area contributed by atoms with Crippen molar-refractivity contribution in [1.82, 2.24) is 14.7 Å². The Morgan fingerprint density at radius 2 is 1.94 bits per heavy atom. The molecule has 1 amide bonds. The number of thioether (sulfide) groups is 1. The maximum absolute atomic E-state index is 13.0.